The van der Waals surface area contributed by atoms with Crippen LogP contribution in [-0.2, 0) is 11.2 Å². The van der Waals surface area contributed by atoms with Crippen LogP contribution in [0.5, 0.6) is 0 Å². The van der Waals surface area contributed by atoms with Crippen LogP contribution in [0.3, 0.4) is 0 Å². The molecule has 0 saturated heterocycles. The second-order valence-corrected chi connectivity index (χ2v) is 5.45. The number of para-hydroxylation sites is 1. The van der Waals surface area contributed by atoms with E-state index in [2.05, 4.69) is 15.3 Å². The average molecular weight is 313 g/mol. The highest BCUT2D eigenvalue weighted by atomic mass is 32.1. The molecule has 0 atom stereocenters. The molecule has 2 heterocycles. The molecule has 6 heteroatoms. The number of rotatable bonds is 4. The van der Waals surface area contributed by atoms with E-state index in [0.29, 0.717) is 5.69 Å². The summed E-state index contributed by atoms with van der Waals surface area (Å²) >= 11 is 1.45. The summed E-state index contributed by atoms with van der Waals surface area (Å²) in [4.78, 5) is 20.4. The monoisotopic (exact) mass is 313 g/mol. The Labute approximate surface area is 130 Å². The predicted octanol–water partition coefficient (Wildman–Crippen LogP) is 3.53. The molecule has 3 aromatic rings. The molecule has 1 N–H and O–H groups in total. The Morgan fingerprint density at radius 1 is 1.23 bits per heavy atom. The third kappa shape index (κ3) is 3.35. The normalized spacial score (nSPS) is 10.4. The van der Waals surface area contributed by atoms with Crippen LogP contribution >= 0.6 is 11.3 Å². The van der Waals surface area contributed by atoms with E-state index in [9.17, 15) is 9.18 Å². The number of aromatic nitrogens is 2. The van der Waals surface area contributed by atoms with Crippen molar-refractivity contribution in [2.45, 2.75) is 6.42 Å². The summed E-state index contributed by atoms with van der Waals surface area (Å²) in [5, 5.41) is 5.18. The summed E-state index contributed by atoms with van der Waals surface area (Å²) in [7, 11) is 0. The second kappa shape index (κ2) is 6.44. The van der Waals surface area contributed by atoms with E-state index in [1.54, 1.807) is 24.5 Å². The molecule has 1 amide bonds. The molecule has 1 aromatic carbocycles. The summed E-state index contributed by atoms with van der Waals surface area (Å²) in [6.07, 6.45) is 3.52. The zero-order valence-electron chi connectivity index (χ0n) is 11.5. The molecule has 22 heavy (non-hydrogen) atoms. The van der Waals surface area contributed by atoms with Crippen LogP contribution in [0.4, 0.5) is 10.1 Å². The fourth-order valence-electron chi connectivity index (χ4n) is 1.93. The molecule has 0 spiro atoms. The summed E-state index contributed by atoms with van der Waals surface area (Å²) in [6.45, 7) is 0. The van der Waals surface area contributed by atoms with E-state index < -0.39 is 5.82 Å². The van der Waals surface area contributed by atoms with Crippen molar-refractivity contribution >= 4 is 22.9 Å². The number of benzene rings is 1. The summed E-state index contributed by atoms with van der Waals surface area (Å²) in [5.74, 6) is -0.752. The smallest absolute Gasteiger partial charge is 0.230 e. The lowest BCUT2D eigenvalue weighted by atomic mass is 10.2. The number of carbonyl (C=O) groups excluding carboxylic acids is 1. The van der Waals surface area contributed by atoms with Crippen LogP contribution in [0.1, 0.15) is 5.69 Å². The van der Waals surface area contributed by atoms with Crippen molar-refractivity contribution in [1.82, 2.24) is 9.97 Å². The molecule has 0 bridgehead atoms. The van der Waals surface area contributed by atoms with Gasteiger partial charge in [-0.05, 0) is 24.3 Å². The molecule has 110 valence electrons. The molecule has 0 aliphatic rings. The average Bonchev–Trinajstić information content (AvgIpc) is 2.99. The number of anilines is 1. The fraction of sp³-hybridized carbons (Fsp3) is 0.0625. The van der Waals surface area contributed by atoms with Gasteiger partial charge in [0.05, 0.1) is 17.8 Å². The Bertz CT molecular complexity index is 789. The van der Waals surface area contributed by atoms with Crippen molar-refractivity contribution in [1.29, 1.82) is 0 Å². The van der Waals surface area contributed by atoms with Crippen molar-refractivity contribution in [2.24, 2.45) is 0 Å². The standard InChI is InChI=1S/C16H12FN3OS/c17-13-5-1-2-6-14(13)20-15(21)8-12-10-22-16(19-12)11-4-3-7-18-9-11/h1-7,9-10H,8H2,(H,20,21). The van der Waals surface area contributed by atoms with Crippen molar-refractivity contribution in [3.63, 3.8) is 0 Å². The van der Waals surface area contributed by atoms with Crippen molar-refractivity contribution in [3.05, 3.63) is 65.7 Å². The van der Waals surface area contributed by atoms with Gasteiger partial charge in [0.15, 0.2) is 0 Å². The largest absolute Gasteiger partial charge is 0.323 e. The van der Waals surface area contributed by atoms with Crippen molar-refractivity contribution in [3.8, 4) is 10.6 Å². The van der Waals surface area contributed by atoms with Gasteiger partial charge in [-0.15, -0.1) is 11.3 Å². The molecule has 0 fully saturated rings. The third-order valence-electron chi connectivity index (χ3n) is 2.95. The van der Waals surface area contributed by atoms with Crippen molar-refractivity contribution in [2.75, 3.05) is 5.32 Å². The number of hydrogen-bond acceptors (Lipinski definition) is 4. The van der Waals surface area contributed by atoms with Gasteiger partial charge in [-0.2, -0.15) is 0 Å². The number of thiazole rings is 1. The van der Waals surface area contributed by atoms with E-state index in [0.717, 1.165) is 10.6 Å². The number of carbonyl (C=O) groups is 1. The van der Waals surface area contributed by atoms with E-state index in [4.69, 9.17) is 0 Å². The molecular weight excluding hydrogens is 301 g/mol. The molecule has 0 unspecified atom stereocenters. The van der Waals surface area contributed by atoms with Gasteiger partial charge in [0, 0.05) is 23.3 Å². The van der Waals surface area contributed by atoms with Crippen LogP contribution in [0.15, 0.2) is 54.2 Å². The first-order chi connectivity index (χ1) is 10.7. The maximum absolute atomic E-state index is 13.5. The third-order valence-corrected chi connectivity index (χ3v) is 3.89. The van der Waals surface area contributed by atoms with Gasteiger partial charge in [-0.1, -0.05) is 12.1 Å². The number of hydrogen-bond donors (Lipinski definition) is 1. The SMILES string of the molecule is O=C(Cc1csc(-c2cccnc2)n1)Nc1ccccc1F. The van der Waals surface area contributed by atoms with Gasteiger partial charge in [-0.25, -0.2) is 9.37 Å². The van der Waals surface area contributed by atoms with Gasteiger partial charge in [0.1, 0.15) is 10.8 Å². The summed E-state index contributed by atoms with van der Waals surface area (Å²) < 4.78 is 13.5. The highest BCUT2D eigenvalue weighted by Crippen LogP contribution is 2.23. The van der Waals surface area contributed by atoms with Crippen molar-refractivity contribution < 1.29 is 9.18 Å². The first-order valence-corrected chi connectivity index (χ1v) is 7.49. The molecule has 4 nitrogen and oxygen atoms in total. The van der Waals surface area contributed by atoms with Gasteiger partial charge < -0.3 is 5.32 Å². The lowest BCUT2D eigenvalue weighted by Gasteiger charge is -2.04. The van der Waals surface area contributed by atoms with E-state index >= 15 is 0 Å². The highest BCUT2D eigenvalue weighted by Gasteiger charge is 2.11. The second-order valence-electron chi connectivity index (χ2n) is 4.59. The maximum Gasteiger partial charge on any atom is 0.230 e. The topological polar surface area (TPSA) is 54.9 Å². The highest BCUT2D eigenvalue weighted by molar-refractivity contribution is 7.13. The van der Waals surface area contributed by atoms with Gasteiger partial charge in [-0.3, -0.25) is 9.78 Å². The summed E-state index contributed by atoms with van der Waals surface area (Å²) in [5.41, 5.74) is 1.74. The zero-order chi connectivity index (χ0) is 15.4. The van der Waals surface area contributed by atoms with E-state index in [1.165, 1.54) is 23.5 Å². The Hall–Kier alpha value is -2.60. The van der Waals surface area contributed by atoms with Gasteiger partial charge in [0.25, 0.3) is 0 Å². The Morgan fingerprint density at radius 3 is 2.86 bits per heavy atom. The molecule has 3 rings (SSSR count). The minimum absolute atomic E-state index is 0.102. The Morgan fingerprint density at radius 2 is 2.09 bits per heavy atom. The van der Waals surface area contributed by atoms with Gasteiger partial charge >= 0.3 is 0 Å². The lowest BCUT2D eigenvalue weighted by molar-refractivity contribution is -0.115. The quantitative estimate of drug-likeness (QED) is 0.801. The minimum Gasteiger partial charge on any atom is -0.323 e. The van der Waals surface area contributed by atoms with E-state index in [-0.39, 0.29) is 18.0 Å². The number of amides is 1. The van der Waals surface area contributed by atoms with Crippen LogP contribution in [0.25, 0.3) is 10.6 Å². The molecule has 0 aliphatic carbocycles. The zero-order valence-corrected chi connectivity index (χ0v) is 12.3. The van der Waals surface area contributed by atoms with Crippen LogP contribution in [0, 0.1) is 5.82 Å². The molecular formula is C16H12FN3OS. The lowest BCUT2D eigenvalue weighted by Crippen LogP contribution is -2.15. The van der Waals surface area contributed by atoms with Crippen LogP contribution < -0.4 is 5.32 Å². The van der Waals surface area contributed by atoms with Gasteiger partial charge in [0.2, 0.25) is 5.91 Å². The maximum atomic E-state index is 13.5. The van der Waals surface area contributed by atoms with Crippen LogP contribution in [-0.4, -0.2) is 15.9 Å². The molecule has 0 radical (unpaired) electrons. The number of halogens is 1. The molecule has 2 aromatic heterocycles. The molecule has 0 saturated carbocycles. The minimum atomic E-state index is -0.454. The summed E-state index contributed by atoms with van der Waals surface area (Å²) in [6, 6.07) is 9.82. The Kier molecular flexibility index (Phi) is 4.20. The number of pyridine rings is 1. The fourth-order valence-corrected chi connectivity index (χ4v) is 2.74. The van der Waals surface area contributed by atoms with Crippen LogP contribution in [0.2, 0.25) is 0 Å². The Balaban J connectivity index is 1.68. The predicted molar refractivity (Wildman–Crippen MR) is 84.1 cm³/mol. The van der Waals surface area contributed by atoms with E-state index in [1.807, 2.05) is 17.5 Å². The number of nitrogens with zero attached hydrogens (tertiary/aromatic N) is 2. The number of nitrogens with one attached hydrogen (secondary N) is 1. The first kappa shape index (κ1) is 14.3. The first-order valence-electron chi connectivity index (χ1n) is 6.61. The molecule has 0 aliphatic heterocycles.